The van der Waals surface area contributed by atoms with Crippen LogP contribution in [0.2, 0.25) is 0 Å². The van der Waals surface area contributed by atoms with Crippen LogP contribution in [-0.2, 0) is 6.42 Å². The van der Waals surface area contributed by atoms with Crippen molar-refractivity contribution < 1.29 is 4.74 Å². The fraction of sp³-hybridized carbons (Fsp3) is 0.143. The molecular weight excluding hydrogens is 390 g/mol. The first-order valence-corrected chi connectivity index (χ1v) is 9.04. The summed E-state index contributed by atoms with van der Waals surface area (Å²) in [6.45, 7) is 2.12. The molecule has 2 aromatic carbocycles. The Hall–Kier alpha value is -2.66. The number of methoxy groups -OCH3 is 1. The first kappa shape index (κ1) is 18.1. The molecule has 3 aromatic rings. The molecule has 1 heterocycles. The lowest BCUT2D eigenvalue weighted by Crippen LogP contribution is -2.01. The topological polar surface area (TPSA) is 60.5 Å². The minimum atomic E-state index is 0.674. The van der Waals surface area contributed by atoms with Gasteiger partial charge in [-0.25, -0.2) is 4.98 Å². The number of hydrogen-bond acceptors (Lipinski definition) is 4. The number of aliphatic imine (C=N–C) groups is 1. The number of hydrogen-bond donors (Lipinski definition) is 1. The molecule has 0 saturated heterocycles. The maximum Gasteiger partial charge on any atom is 0.217 e. The predicted molar refractivity (Wildman–Crippen MR) is 111 cm³/mol. The molecule has 3 rings (SSSR count). The lowest BCUT2D eigenvalue weighted by molar-refractivity contribution is 0.394. The number of halogens is 1. The molecule has 2 N–H and O–H groups in total. The monoisotopic (exact) mass is 409 g/mol. The van der Waals surface area contributed by atoms with E-state index < -0.39 is 0 Å². The zero-order valence-electron chi connectivity index (χ0n) is 14.7. The second-order valence-corrected chi connectivity index (χ2v) is 6.81. The second kappa shape index (κ2) is 8.15. The molecule has 0 aliphatic carbocycles. The molecule has 0 atom stereocenters. The molecule has 4 nitrogen and oxygen atoms in total. The van der Waals surface area contributed by atoms with Crippen molar-refractivity contribution in [3.8, 4) is 5.88 Å². The maximum atomic E-state index is 5.56. The van der Waals surface area contributed by atoms with Gasteiger partial charge in [-0.05, 0) is 60.7 Å². The summed E-state index contributed by atoms with van der Waals surface area (Å²) in [5.41, 5.74) is 10.6. The molecular formula is C21H20BrN3O. The Kier molecular flexibility index (Phi) is 5.68. The van der Waals surface area contributed by atoms with E-state index in [-0.39, 0.29) is 0 Å². The average molecular weight is 410 g/mol. The first-order valence-electron chi connectivity index (χ1n) is 8.25. The first-order chi connectivity index (χ1) is 12.6. The van der Waals surface area contributed by atoms with Crippen LogP contribution in [0.25, 0.3) is 10.9 Å². The zero-order chi connectivity index (χ0) is 18.5. The third kappa shape index (κ3) is 3.94. The van der Waals surface area contributed by atoms with Gasteiger partial charge in [0.05, 0.1) is 18.3 Å². The van der Waals surface area contributed by atoms with Crippen molar-refractivity contribution in [3.63, 3.8) is 0 Å². The van der Waals surface area contributed by atoms with E-state index in [0.717, 1.165) is 33.0 Å². The molecule has 0 saturated carbocycles. The molecule has 0 aliphatic rings. The quantitative estimate of drug-likeness (QED) is 0.597. The van der Waals surface area contributed by atoms with Gasteiger partial charge >= 0.3 is 0 Å². The molecule has 0 fully saturated rings. The summed E-state index contributed by atoms with van der Waals surface area (Å²) in [4.78, 5) is 8.99. The summed E-state index contributed by atoms with van der Waals surface area (Å²) in [6, 6.07) is 14.2. The highest BCUT2D eigenvalue weighted by atomic mass is 79.9. The van der Waals surface area contributed by atoms with Crippen molar-refractivity contribution in [2.45, 2.75) is 13.3 Å². The highest BCUT2D eigenvalue weighted by molar-refractivity contribution is 9.10. The summed E-state index contributed by atoms with van der Waals surface area (Å²) in [6.07, 6.45) is 5.57. The van der Waals surface area contributed by atoms with E-state index in [2.05, 4.69) is 51.0 Å². The number of ether oxygens (including phenoxy) is 1. The second-order valence-electron chi connectivity index (χ2n) is 5.89. The summed E-state index contributed by atoms with van der Waals surface area (Å²) in [7, 11) is 1.67. The summed E-state index contributed by atoms with van der Waals surface area (Å²) in [5.74, 6) is 0.674. The minimum Gasteiger partial charge on any atom is -0.481 e. The largest absolute Gasteiger partial charge is 0.481 e. The van der Waals surface area contributed by atoms with Crippen LogP contribution in [0.3, 0.4) is 0 Å². The van der Waals surface area contributed by atoms with Gasteiger partial charge in [-0.3, -0.25) is 4.99 Å². The number of allylic oxidation sites excluding steroid dienone is 1. The van der Waals surface area contributed by atoms with Gasteiger partial charge in [0.15, 0.2) is 0 Å². The molecule has 0 unspecified atom stereocenters. The van der Waals surface area contributed by atoms with Crippen molar-refractivity contribution in [2.75, 3.05) is 7.11 Å². The summed E-state index contributed by atoms with van der Waals surface area (Å²) >= 11 is 3.54. The Morgan fingerprint density at radius 3 is 2.65 bits per heavy atom. The summed E-state index contributed by atoms with van der Waals surface area (Å²) < 4.78 is 6.60. The van der Waals surface area contributed by atoms with Gasteiger partial charge in [-0.2, -0.15) is 0 Å². The number of nitrogens with zero attached hydrogens (tertiary/aromatic N) is 2. The fourth-order valence-corrected chi connectivity index (χ4v) is 3.23. The molecule has 26 heavy (non-hydrogen) atoms. The molecule has 0 aliphatic heterocycles. The van der Waals surface area contributed by atoms with Crippen molar-refractivity contribution in [1.29, 1.82) is 0 Å². The van der Waals surface area contributed by atoms with Gasteiger partial charge in [0.2, 0.25) is 5.88 Å². The number of aromatic nitrogens is 1. The van der Waals surface area contributed by atoms with Gasteiger partial charge in [-0.15, -0.1) is 0 Å². The Balaban J connectivity index is 1.96. The van der Waals surface area contributed by atoms with Crippen molar-refractivity contribution >= 4 is 38.7 Å². The van der Waals surface area contributed by atoms with Crippen LogP contribution in [0.4, 0.5) is 5.69 Å². The third-order valence-corrected chi connectivity index (χ3v) is 4.72. The Morgan fingerprint density at radius 2 is 1.96 bits per heavy atom. The molecule has 0 amide bonds. The molecule has 0 bridgehead atoms. The van der Waals surface area contributed by atoms with Gasteiger partial charge in [-0.1, -0.05) is 28.1 Å². The number of rotatable bonds is 5. The minimum absolute atomic E-state index is 0.674. The van der Waals surface area contributed by atoms with Gasteiger partial charge in [0.25, 0.3) is 0 Å². The molecule has 132 valence electrons. The Morgan fingerprint density at radius 1 is 1.19 bits per heavy atom. The standard InChI is InChI=1S/C21H20BrN3O/c1-14-18-13-16(22)6-9-20(18)25-21(26-2)19(14)12-15-4-7-17(8-5-15)24-11-3-10-23/h3-11,13H,12,23H2,1-2H3. The van der Waals surface area contributed by atoms with E-state index in [1.165, 1.54) is 17.3 Å². The number of pyridine rings is 1. The lowest BCUT2D eigenvalue weighted by atomic mass is 9.98. The van der Waals surface area contributed by atoms with E-state index in [9.17, 15) is 0 Å². The molecule has 0 spiro atoms. The maximum absolute atomic E-state index is 5.56. The van der Waals surface area contributed by atoms with E-state index in [1.807, 2.05) is 24.3 Å². The van der Waals surface area contributed by atoms with Crippen LogP contribution in [0.1, 0.15) is 16.7 Å². The van der Waals surface area contributed by atoms with E-state index in [4.69, 9.17) is 10.5 Å². The Labute approximate surface area is 161 Å². The van der Waals surface area contributed by atoms with Crippen molar-refractivity contribution in [3.05, 3.63) is 75.9 Å². The van der Waals surface area contributed by atoms with Crippen LogP contribution in [0, 0.1) is 6.92 Å². The van der Waals surface area contributed by atoms with E-state index in [0.29, 0.717) is 5.88 Å². The van der Waals surface area contributed by atoms with E-state index >= 15 is 0 Å². The molecule has 5 heteroatoms. The number of benzene rings is 2. The van der Waals surface area contributed by atoms with Crippen LogP contribution < -0.4 is 10.5 Å². The number of aryl methyl sites for hydroxylation is 1. The number of nitrogens with two attached hydrogens (primary N) is 1. The van der Waals surface area contributed by atoms with Gasteiger partial charge in [0.1, 0.15) is 0 Å². The normalized spacial score (nSPS) is 11.7. The zero-order valence-corrected chi connectivity index (χ0v) is 16.3. The number of fused-ring (bicyclic) bond motifs is 1. The fourth-order valence-electron chi connectivity index (χ4n) is 2.87. The molecule has 1 aromatic heterocycles. The highest BCUT2D eigenvalue weighted by Crippen LogP contribution is 2.31. The average Bonchev–Trinajstić information content (AvgIpc) is 2.66. The van der Waals surface area contributed by atoms with Crippen LogP contribution >= 0.6 is 15.9 Å². The third-order valence-electron chi connectivity index (χ3n) is 4.23. The van der Waals surface area contributed by atoms with Gasteiger partial charge < -0.3 is 10.5 Å². The van der Waals surface area contributed by atoms with Crippen LogP contribution in [0.5, 0.6) is 5.88 Å². The van der Waals surface area contributed by atoms with Crippen LogP contribution in [0.15, 0.2) is 64.2 Å². The Bertz CT molecular complexity index is 979. The van der Waals surface area contributed by atoms with E-state index in [1.54, 1.807) is 19.4 Å². The van der Waals surface area contributed by atoms with Gasteiger partial charge in [0, 0.05) is 28.1 Å². The molecule has 0 radical (unpaired) electrons. The lowest BCUT2D eigenvalue weighted by Gasteiger charge is -2.14. The smallest absolute Gasteiger partial charge is 0.217 e. The van der Waals surface area contributed by atoms with Crippen molar-refractivity contribution in [1.82, 2.24) is 4.98 Å². The van der Waals surface area contributed by atoms with Crippen LogP contribution in [-0.4, -0.2) is 18.3 Å². The van der Waals surface area contributed by atoms with Crippen molar-refractivity contribution in [2.24, 2.45) is 10.7 Å². The SMILES string of the molecule is COc1nc2ccc(Br)cc2c(C)c1Cc1ccc(N=CC=CN)cc1. The summed E-state index contributed by atoms with van der Waals surface area (Å²) in [5, 5.41) is 1.13. The predicted octanol–water partition coefficient (Wildman–Crippen LogP) is 5.08. The highest BCUT2D eigenvalue weighted by Gasteiger charge is 2.13.